The van der Waals surface area contributed by atoms with Crippen molar-refractivity contribution in [2.45, 2.75) is 6.42 Å². The van der Waals surface area contributed by atoms with Gasteiger partial charge in [0.1, 0.15) is 5.83 Å². The third kappa shape index (κ3) is 1.85. The summed E-state index contributed by atoms with van der Waals surface area (Å²) < 4.78 is 17.2. The number of carbonyl (C=O) groups excluding carboxylic acids is 1. The summed E-state index contributed by atoms with van der Waals surface area (Å²) in [7, 11) is 1.27. The lowest BCUT2D eigenvalue weighted by Crippen LogP contribution is -2.15. The lowest BCUT2D eigenvalue weighted by atomic mass is 10.0. The topological polar surface area (TPSA) is 26.3 Å². The molecule has 0 N–H and O–H groups in total. The summed E-state index contributed by atoms with van der Waals surface area (Å²) in [5.74, 6) is -1.53. The minimum atomic E-state index is -0.557. The first-order valence-corrected chi connectivity index (χ1v) is 3.84. The summed E-state index contributed by atoms with van der Waals surface area (Å²) in [6, 6.07) is 0. The smallest absolute Gasteiger partial charge is 0.312 e. The molecule has 12 heavy (non-hydrogen) atoms. The van der Waals surface area contributed by atoms with Gasteiger partial charge in [-0.25, -0.2) is 4.39 Å². The van der Waals surface area contributed by atoms with E-state index >= 15 is 0 Å². The number of ether oxygens (including phenoxy) is 1. The van der Waals surface area contributed by atoms with Crippen LogP contribution in [0.4, 0.5) is 4.39 Å². The molecule has 0 saturated carbocycles. The van der Waals surface area contributed by atoms with E-state index in [-0.39, 0.29) is 5.03 Å². The van der Waals surface area contributed by atoms with E-state index in [0.29, 0.717) is 6.42 Å². The van der Waals surface area contributed by atoms with Crippen LogP contribution in [0.15, 0.2) is 23.0 Å². The van der Waals surface area contributed by atoms with Crippen molar-refractivity contribution in [3.8, 4) is 0 Å². The zero-order valence-electron chi connectivity index (χ0n) is 6.51. The molecule has 2 nitrogen and oxygen atoms in total. The fourth-order valence-corrected chi connectivity index (χ4v) is 1.12. The number of carbonyl (C=O) groups is 1. The number of hydrogen-bond donors (Lipinski definition) is 0. The lowest BCUT2D eigenvalue weighted by Gasteiger charge is -2.12. The van der Waals surface area contributed by atoms with Crippen LogP contribution >= 0.6 is 11.6 Å². The molecule has 1 aliphatic carbocycles. The molecule has 0 amide bonds. The fourth-order valence-electron chi connectivity index (χ4n) is 0.968. The molecule has 0 radical (unpaired) electrons. The molecule has 1 aliphatic rings. The molecule has 0 unspecified atom stereocenters. The van der Waals surface area contributed by atoms with E-state index in [1.165, 1.54) is 19.3 Å². The second-order valence-corrected chi connectivity index (χ2v) is 2.84. The molecule has 1 atom stereocenters. The van der Waals surface area contributed by atoms with Crippen LogP contribution in [0.3, 0.4) is 0 Å². The molecule has 0 spiro atoms. The molecule has 0 aromatic heterocycles. The van der Waals surface area contributed by atoms with E-state index < -0.39 is 17.7 Å². The highest BCUT2D eigenvalue weighted by molar-refractivity contribution is 6.31. The highest BCUT2D eigenvalue weighted by Gasteiger charge is 2.21. The molecular weight excluding hydrogens is 183 g/mol. The van der Waals surface area contributed by atoms with Gasteiger partial charge in [0, 0.05) is 0 Å². The van der Waals surface area contributed by atoms with Crippen LogP contribution in [0.5, 0.6) is 0 Å². The van der Waals surface area contributed by atoms with Gasteiger partial charge in [-0.3, -0.25) is 4.79 Å². The van der Waals surface area contributed by atoms with Crippen LogP contribution < -0.4 is 0 Å². The van der Waals surface area contributed by atoms with Gasteiger partial charge in [0.15, 0.2) is 0 Å². The Kier molecular flexibility index (Phi) is 2.87. The van der Waals surface area contributed by atoms with Crippen molar-refractivity contribution in [2.24, 2.45) is 5.92 Å². The number of allylic oxidation sites excluding steroid dienone is 3. The Balaban J connectivity index is 2.71. The first kappa shape index (κ1) is 9.26. The van der Waals surface area contributed by atoms with Crippen molar-refractivity contribution in [2.75, 3.05) is 7.11 Å². The van der Waals surface area contributed by atoms with Gasteiger partial charge >= 0.3 is 5.97 Å². The van der Waals surface area contributed by atoms with Crippen molar-refractivity contribution in [3.05, 3.63) is 23.0 Å². The highest BCUT2D eigenvalue weighted by atomic mass is 35.5. The van der Waals surface area contributed by atoms with Crippen molar-refractivity contribution >= 4 is 17.6 Å². The molecule has 0 bridgehead atoms. The molecule has 66 valence electrons. The number of esters is 1. The number of rotatable bonds is 1. The van der Waals surface area contributed by atoms with E-state index in [2.05, 4.69) is 4.74 Å². The van der Waals surface area contributed by atoms with Crippen LogP contribution in [0.25, 0.3) is 0 Å². The summed E-state index contributed by atoms with van der Waals surface area (Å²) in [6.07, 6.45) is 3.05. The van der Waals surface area contributed by atoms with Gasteiger partial charge in [-0.1, -0.05) is 17.7 Å². The van der Waals surface area contributed by atoms with Gasteiger partial charge < -0.3 is 4.74 Å². The maximum absolute atomic E-state index is 12.8. The Hall–Kier alpha value is -0.830. The fraction of sp³-hybridized carbons (Fsp3) is 0.375. The van der Waals surface area contributed by atoms with Crippen molar-refractivity contribution in [1.29, 1.82) is 0 Å². The predicted octanol–water partition coefficient (Wildman–Crippen LogP) is 2.16. The minimum absolute atomic E-state index is 0.0650. The van der Waals surface area contributed by atoms with Gasteiger partial charge in [0.2, 0.25) is 0 Å². The Labute approximate surface area is 74.7 Å². The van der Waals surface area contributed by atoms with Crippen LogP contribution in [-0.4, -0.2) is 13.1 Å². The third-order valence-electron chi connectivity index (χ3n) is 1.63. The highest BCUT2D eigenvalue weighted by Crippen LogP contribution is 2.26. The van der Waals surface area contributed by atoms with Gasteiger partial charge in [-0.15, -0.1) is 0 Å². The molecule has 0 heterocycles. The number of hydrogen-bond acceptors (Lipinski definition) is 2. The van der Waals surface area contributed by atoms with E-state index in [4.69, 9.17) is 11.6 Å². The minimum Gasteiger partial charge on any atom is -0.469 e. The average molecular weight is 191 g/mol. The third-order valence-corrected chi connectivity index (χ3v) is 1.97. The standard InChI is InChI=1S/C8H8ClFO2/c1-12-8(11)5-2-3-6(9)7(10)4-5/h3-5H,2H2,1H3/t5-/m0/s1. The SMILES string of the molecule is COC(=O)[C@@H]1C=C(F)C(Cl)=CC1. The van der Waals surface area contributed by atoms with Crippen LogP contribution in [0.1, 0.15) is 6.42 Å². The Morgan fingerprint density at radius 3 is 3.00 bits per heavy atom. The largest absolute Gasteiger partial charge is 0.469 e. The van der Waals surface area contributed by atoms with Gasteiger partial charge in [0.25, 0.3) is 0 Å². The van der Waals surface area contributed by atoms with Crippen LogP contribution in [0, 0.1) is 5.92 Å². The first-order valence-electron chi connectivity index (χ1n) is 3.46. The van der Waals surface area contributed by atoms with Gasteiger partial charge in [0.05, 0.1) is 18.1 Å². The Morgan fingerprint density at radius 2 is 2.50 bits per heavy atom. The maximum atomic E-state index is 12.8. The van der Waals surface area contributed by atoms with Gasteiger partial charge in [-0.05, 0) is 12.5 Å². The van der Waals surface area contributed by atoms with E-state index in [1.807, 2.05) is 0 Å². The summed E-state index contributed by atoms with van der Waals surface area (Å²) in [6.45, 7) is 0. The van der Waals surface area contributed by atoms with Crippen molar-refractivity contribution in [3.63, 3.8) is 0 Å². The molecule has 4 heteroatoms. The molecule has 0 fully saturated rings. The van der Waals surface area contributed by atoms with E-state index in [0.717, 1.165) is 0 Å². The Bertz CT molecular complexity index is 258. The van der Waals surface area contributed by atoms with Crippen molar-refractivity contribution in [1.82, 2.24) is 0 Å². The second kappa shape index (κ2) is 3.72. The summed E-state index contributed by atoms with van der Waals surface area (Å²) >= 11 is 5.45. The first-order chi connectivity index (χ1) is 5.65. The summed E-state index contributed by atoms with van der Waals surface area (Å²) in [4.78, 5) is 10.9. The zero-order valence-corrected chi connectivity index (χ0v) is 7.27. The second-order valence-electron chi connectivity index (χ2n) is 2.43. The average Bonchev–Trinajstić information content (AvgIpc) is 2.08. The van der Waals surface area contributed by atoms with E-state index in [1.54, 1.807) is 0 Å². The maximum Gasteiger partial charge on any atom is 0.312 e. The zero-order chi connectivity index (χ0) is 9.14. The number of methoxy groups -OCH3 is 1. The van der Waals surface area contributed by atoms with Crippen molar-refractivity contribution < 1.29 is 13.9 Å². The van der Waals surface area contributed by atoms with E-state index in [9.17, 15) is 9.18 Å². The van der Waals surface area contributed by atoms with Gasteiger partial charge in [-0.2, -0.15) is 0 Å². The molecule has 0 aromatic carbocycles. The summed E-state index contributed by atoms with van der Waals surface area (Å²) in [5.41, 5.74) is 0. The molecule has 0 saturated heterocycles. The molecule has 0 aromatic rings. The van der Waals surface area contributed by atoms with Crippen LogP contribution in [0.2, 0.25) is 0 Å². The monoisotopic (exact) mass is 190 g/mol. The van der Waals surface area contributed by atoms with Crippen LogP contribution in [-0.2, 0) is 9.53 Å². The quantitative estimate of drug-likeness (QED) is 0.593. The number of halogens is 2. The predicted molar refractivity (Wildman–Crippen MR) is 43.3 cm³/mol. The molecule has 0 aliphatic heterocycles. The Morgan fingerprint density at radius 1 is 1.83 bits per heavy atom. The molecule has 1 rings (SSSR count). The normalized spacial score (nSPS) is 22.8. The summed E-state index contributed by atoms with van der Waals surface area (Å²) in [5, 5.41) is 0.0650. The molecular formula is C8H8ClFO2. The lowest BCUT2D eigenvalue weighted by molar-refractivity contribution is -0.143.